The Morgan fingerprint density at radius 2 is 1.39 bits per heavy atom. The molecule has 2 unspecified atom stereocenters. The zero-order valence-electron chi connectivity index (χ0n) is 14.5. The smallest absolute Gasteiger partial charge is 0.363 e. The van der Waals surface area contributed by atoms with E-state index in [2.05, 4.69) is 6.92 Å². The predicted molar refractivity (Wildman–Crippen MR) is 86.1 cm³/mol. The average Bonchev–Trinajstić information content (AvgIpc) is 2.45. The molecule has 0 saturated heterocycles. The Labute approximate surface area is 138 Å². The number of ether oxygens (including phenoxy) is 1. The van der Waals surface area contributed by atoms with Gasteiger partial charge in [0, 0.05) is 6.92 Å². The molecule has 0 rings (SSSR count). The molecular formula is C16H32O7. The van der Waals surface area contributed by atoms with E-state index in [1.807, 2.05) is 0 Å². The fourth-order valence-electron chi connectivity index (χ4n) is 1.57. The third kappa shape index (κ3) is 17.0. The Bertz CT molecular complexity index is 314. The molecule has 4 N–H and O–H groups in total. The van der Waals surface area contributed by atoms with Gasteiger partial charge in [-0.05, 0) is 13.3 Å². The van der Waals surface area contributed by atoms with Crippen molar-refractivity contribution in [2.75, 3.05) is 6.61 Å². The summed E-state index contributed by atoms with van der Waals surface area (Å²) in [4.78, 5) is 20.0. The number of hydrogen-bond acceptors (Lipinski definition) is 5. The van der Waals surface area contributed by atoms with Crippen LogP contribution in [0.15, 0.2) is 0 Å². The highest BCUT2D eigenvalue weighted by Crippen LogP contribution is 2.10. The first-order valence-electron chi connectivity index (χ1n) is 8.15. The summed E-state index contributed by atoms with van der Waals surface area (Å²) in [5.41, 5.74) is 0. The van der Waals surface area contributed by atoms with Gasteiger partial charge < -0.3 is 25.2 Å². The van der Waals surface area contributed by atoms with Gasteiger partial charge in [-0.25, -0.2) is 9.59 Å². The lowest BCUT2D eigenvalue weighted by molar-refractivity contribution is -0.216. The molecule has 0 saturated carbocycles. The number of carboxylic acids is 2. The van der Waals surface area contributed by atoms with Gasteiger partial charge in [-0.3, -0.25) is 0 Å². The minimum Gasteiger partial charge on any atom is -0.479 e. The summed E-state index contributed by atoms with van der Waals surface area (Å²) < 4.78 is 4.89. The Hall–Kier alpha value is -1.18. The summed E-state index contributed by atoms with van der Waals surface area (Å²) in [5, 5.41) is 33.6. The van der Waals surface area contributed by atoms with Crippen molar-refractivity contribution in [3.63, 3.8) is 0 Å². The number of unbranched alkanes of at least 4 members (excludes halogenated alkanes) is 7. The van der Waals surface area contributed by atoms with E-state index in [4.69, 9.17) is 20.1 Å². The van der Waals surface area contributed by atoms with Crippen LogP contribution in [0.25, 0.3) is 0 Å². The van der Waals surface area contributed by atoms with Crippen molar-refractivity contribution in [1.82, 2.24) is 0 Å². The van der Waals surface area contributed by atoms with E-state index >= 15 is 0 Å². The fourth-order valence-corrected chi connectivity index (χ4v) is 1.57. The first kappa shape index (κ1) is 24.1. The first-order valence-corrected chi connectivity index (χ1v) is 8.15. The lowest BCUT2D eigenvalue weighted by atomic mass is 10.1. The zero-order valence-corrected chi connectivity index (χ0v) is 14.5. The third-order valence-corrected chi connectivity index (χ3v) is 3.14. The molecule has 0 fully saturated rings. The highest BCUT2D eigenvalue weighted by Gasteiger charge is 2.30. The summed E-state index contributed by atoms with van der Waals surface area (Å²) in [6.45, 7) is 4.85. The van der Waals surface area contributed by atoms with Crippen LogP contribution in [0.3, 0.4) is 0 Å². The molecule has 0 aliphatic carbocycles. The molecule has 138 valence electrons. The lowest BCUT2D eigenvalue weighted by Gasteiger charge is -2.18. The highest BCUT2D eigenvalue weighted by atomic mass is 16.6. The molecule has 7 heteroatoms. The number of carbonyl (C=O) groups is 2. The summed E-state index contributed by atoms with van der Waals surface area (Å²) in [6, 6.07) is 0. The van der Waals surface area contributed by atoms with Gasteiger partial charge in [0.15, 0.2) is 0 Å². The standard InChI is InChI=1S/C13H26O4.C3H6O3/c1-3-4-5-6-7-8-9-10-11-17-13(2,16)12(14)15;1-2(4)3(5)6/h16H,3-11H2,1-2H3,(H,14,15);2,4H,1H3,(H,5,6). The number of hydrogen-bond donors (Lipinski definition) is 4. The van der Waals surface area contributed by atoms with Gasteiger partial charge in [0.25, 0.3) is 5.79 Å². The van der Waals surface area contributed by atoms with Gasteiger partial charge in [-0.1, -0.05) is 51.9 Å². The molecule has 0 bridgehead atoms. The molecule has 0 aliphatic heterocycles. The van der Waals surface area contributed by atoms with Gasteiger partial charge in [0.1, 0.15) is 6.10 Å². The molecular weight excluding hydrogens is 304 g/mol. The number of carboxylic acid groups (broad SMARTS) is 2. The molecule has 0 aliphatic rings. The van der Waals surface area contributed by atoms with Crippen molar-refractivity contribution in [3.05, 3.63) is 0 Å². The van der Waals surface area contributed by atoms with E-state index in [1.165, 1.54) is 39.0 Å². The maximum atomic E-state index is 10.5. The van der Waals surface area contributed by atoms with Crippen molar-refractivity contribution in [2.24, 2.45) is 0 Å². The van der Waals surface area contributed by atoms with Gasteiger partial charge in [-0.15, -0.1) is 0 Å². The van der Waals surface area contributed by atoms with E-state index in [9.17, 15) is 14.7 Å². The van der Waals surface area contributed by atoms with E-state index < -0.39 is 23.8 Å². The molecule has 23 heavy (non-hydrogen) atoms. The number of aliphatic carboxylic acids is 2. The van der Waals surface area contributed by atoms with E-state index in [0.29, 0.717) is 6.61 Å². The van der Waals surface area contributed by atoms with Crippen molar-refractivity contribution >= 4 is 11.9 Å². The molecule has 0 spiro atoms. The largest absolute Gasteiger partial charge is 0.479 e. The van der Waals surface area contributed by atoms with Crippen LogP contribution in [0, 0.1) is 0 Å². The van der Waals surface area contributed by atoms with Crippen LogP contribution in [0.1, 0.15) is 72.1 Å². The van der Waals surface area contributed by atoms with Crippen molar-refractivity contribution in [1.29, 1.82) is 0 Å². The number of aliphatic hydroxyl groups excluding tert-OH is 1. The maximum absolute atomic E-state index is 10.5. The molecule has 2 atom stereocenters. The van der Waals surface area contributed by atoms with Crippen LogP contribution in [0.4, 0.5) is 0 Å². The minimum absolute atomic E-state index is 0.300. The maximum Gasteiger partial charge on any atom is 0.363 e. The van der Waals surface area contributed by atoms with Crippen LogP contribution >= 0.6 is 0 Å². The molecule has 0 aromatic carbocycles. The Kier molecular flexibility index (Phi) is 15.1. The summed E-state index contributed by atoms with van der Waals surface area (Å²) >= 11 is 0. The third-order valence-electron chi connectivity index (χ3n) is 3.14. The lowest BCUT2D eigenvalue weighted by Crippen LogP contribution is -2.38. The van der Waals surface area contributed by atoms with Crippen LogP contribution in [-0.2, 0) is 14.3 Å². The monoisotopic (exact) mass is 336 g/mol. The molecule has 7 nitrogen and oxygen atoms in total. The van der Waals surface area contributed by atoms with E-state index in [1.54, 1.807) is 0 Å². The minimum atomic E-state index is -2.04. The van der Waals surface area contributed by atoms with Crippen molar-refractivity contribution in [2.45, 2.75) is 84.0 Å². The Balaban J connectivity index is 0. The fraction of sp³-hybridized carbons (Fsp3) is 0.875. The Morgan fingerprint density at radius 1 is 1.00 bits per heavy atom. The normalized spacial score (nSPS) is 14.3. The topological polar surface area (TPSA) is 124 Å². The van der Waals surface area contributed by atoms with E-state index in [0.717, 1.165) is 26.2 Å². The van der Waals surface area contributed by atoms with E-state index in [-0.39, 0.29) is 0 Å². The van der Waals surface area contributed by atoms with Crippen molar-refractivity contribution < 1.29 is 34.8 Å². The average molecular weight is 336 g/mol. The second-order valence-corrected chi connectivity index (χ2v) is 5.63. The Morgan fingerprint density at radius 3 is 1.74 bits per heavy atom. The van der Waals surface area contributed by atoms with Gasteiger partial charge in [0.05, 0.1) is 6.61 Å². The summed E-state index contributed by atoms with van der Waals surface area (Å²) in [5.74, 6) is -4.56. The summed E-state index contributed by atoms with van der Waals surface area (Å²) in [6.07, 6.45) is 8.15. The SMILES string of the molecule is CC(O)C(=O)O.CCCCCCCCCCOC(C)(O)C(=O)O. The van der Waals surface area contributed by atoms with Gasteiger partial charge in [-0.2, -0.15) is 0 Å². The second kappa shape index (κ2) is 14.4. The van der Waals surface area contributed by atoms with Crippen molar-refractivity contribution in [3.8, 4) is 0 Å². The van der Waals surface area contributed by atoms with Crippen LogP contribution in [-0.4, -0.2) is 50.9 Å². The zero-order chi connectivity index (χ0) is 18.3. The first-order chi connectivity index (χ1) is 10.6. The van der Waals surface area contributed by atoms with Gasteiger partial charge >= 0.3 is 11.9 Å². The van der Waals surface area contributed by atoms with Crippen LogP contribution < -0.4 is 0 Å². The van der Waals surface area contributed by atoms with Crippen LogP contribution in [0.2, 0.25) is 0 Å². The second-order valence-electron chi connectivity index (χ2n) is 5.63. The quantitative estimate of drug-likeness (QED) is 0.318. The number of aliphatic hydroxyl groups is 2. The van der Waals surface area contributed by atoms with Crippen LogP contribution in [0.5, 0.6) is 0 Å². The molecule has 0 radical (unpaired) electrons. The summed E-state index contributed by atoms with van der Waals surface area (Å²) in [7, 11) is 0. The molecule has 0 amide bonds. The number of rotatable bonds is 12. The molecule has 0 aromatic rings. The molecule has 0 aromatic heterocycles. The van der Waals surface area contributed by atoms with Gasteiger partial charge in [0.2, 0.25) is 0 Å². The molecule has 0 heterocycles. The predicted octanol–water partition coefficient (Wildman–Crippen LogP) is 2.39. The highest BCUT2D eigenvalue weighted by molar-refractivity contribution is 5.74.